The van der Waals surface area contributed by atoms with Crippen LogP contribution in [0.2, 0.25) is 5.02 Å². The number of hydrogen-bond donors (Lipinski definition) is 3. The van der Waals surface area contributed by atoms with E-state index in [2.05, 4.69) is 15.3 Å². The van der Waals surface area contributed by atoms with Gasteiger partial charge in [-0.25, -0.2) is 9.37 Å². The van der Waals surface area contributed by atoms with Crippen LogP contribution in [0.25, 0.3) is 10.2 Å². The van der Waals surface area contributed by atoms with Gasteiger partial charge in [-0.15, -0.1) is 11.3 Å². The molecule has 2 unspecified atom stereocenters. The van der Waals surface area contributed by atoms with Crippen molar-refractivity contribution in [2.24, 2.45) is 5.92 Å². The van der Waals surface area contributed by atoms with Crippen LogP contribution in [0.4, 0.5) is 4.39 Å². The van der Waals surface area contributed by atoms with Crippen LogP contribution in [-0.4, -0.2) is 46.9 Å². The largest absolute Gasteiger partial charge is 0.396 e. The number of benzene rings is 1. The number of H-pyrrole nitrogens is 1. The second-order valence-electron chi connectivity index (χ2n) is 7.88. The third kappa shape index (κ3) is 5.77. The molecule has 3 N–H and O–H groups in total. The molecular formula is C22H23ClFN3O5S. The maximum absolute atomic E-state index is 13.3. The zero-order chi connectivity index (χ0) is 23.4. The molecule has 4 rings (SSSR count). The highest BCUT2D eigenvalue weighted by Gasteiger charge is 2.22. The molecule has 1 amide bonds. The number of fused-ring (bicyclic) bond motifs is 1. The molecule has 1 aromatic carbocycles. The van der Waals surface area contributed by atoms with Gasteiger partial charge in [-0.3, -0.25) is 9.59 Å². The number of aliphatic hydroxyl groups is 1. The summed E-state index contributed by atoms with van der Waals surface area (Å²) in [5.41, 5.74) is 0.887. The number of aliphatic hydroxyl groups excluding tert-OH is 1. The topological polar surface area (TPSA) is 114 Å². The molecule has 0 radical (unpaired) electrons. The van der Waals surface area contributed by atoms with E-state index in [0.717, 1.165) is 12.8 Å². The number of amides is 1. The Morgan fingerprint density at radius 3 is 3.00 bits per heavy atom. The molecule has 1 fully saturated rings. The molecule has 2 atom stereocenters. The second kappa shape index (κ2) is 10.7. The van der Waals surface area contributed by atoms with Crippen LogP contribution < -0.4 is 10.9 Å². The first-order valence-corrected chi connectivity index (χ1v) is 11.7. The molecule has 0 aliphatic carbocycles. The summed E-state index contributed by atoms with van der Waals surface area (Å²) < 4.78 is 24.7. The van der Waals surface area contributed by atoms with E-state index in [1.54, 1.807) is 5.38 Å². The minimum absolute atomic E-state index is 0.0274. The zero-order valence-corrected chi connectivity index (χ0v) is 19.2. The lowest BCUT2D eigenvalue weighted by Crippen LogP contribution is -2.31. The molecular weight excluding hydrogens is 473 g/mol. The molecule has 0 saturated carbocycles. The summed E-state index contributed by atoms with van der Waals surface area (Å²) in [4.78, 5) is 32.3. The summed E-state index contributed by atoms with van der Waals surface area (Å²) in [6, 6.07) is 4.15. The third-order valence-electron chi connectivity index (χ3n) is 5.46. The number of nitrogens with zero attached hydrogens (tertiary/aromatic N) is 1. The lowest BCUT2D eigenvalue weighted by Gasteiger charge is -2.27. The number of thiophene rings is 1. The number of ether oxygens (including phenoxy) is 2. The molecule has 176 valence electrons. The van der Waals surface area contributed by atoms with Crippen molar-refractivity contribution < 1.29 is 23.8 Å². The van der Waals surface area contributed by atoms with E-state index in [1.165, 1.54) is 29.5 Å². The monoisotopic (exact) mass is 495 g/mol. The number of aromatic nitrogens is 2. The van der Waals surface area contributed by atoms with Gasteiger partial charge in [0.2, 0.25) is 5.82 Å². The Kier molecular flexibility index (Phi) is 7.71. The summed E-state index contributed by atoms with van der Waals surface area (Å²) >= 11 is 7.01. The van der Waals surface area contributed by atoms with Crippen LogP contribution >= 0.6 is 22.9 Å². The number of halogens is 2. The summed E-state index contributed by atoms with van der Waals surface area (Å²) in [7, 11) is 0. The molecule has 1 aliphatic rings. The van der Waals surface area contributed by atoms with Gasteiger partial charge in [-0.2, -0.15) is 0 Å². The van der Waals surface area contributed by atoms with Gasteiger partial charge in [0.25, 0.3) is 11.5 Å². The molecule has 8 nitrogen and oxygen atoms in total. The van der Waals surface area contributed by atoms with Crippen LogP contribution in [0, 0.1) is 11.7 Å². The summed E-state index contributed by atoms with van der Waals surface area (Å²) in [5.74, 6) is -1.02. The predicted molar refractivity (Wildman–Crippen MR) is 122 cm³/mol. The summed E-state index contributed by atoms with van der Waals surface area (Å²) in [6.45, 7) is 1.38. The molecule has 2 aromatic heterocycles. The molecule has 3 aromatic rings. The van der Waals surface area contributed by atoms with Gasteiger partial charge < -0.3 is 24.9 Å². The Bertz CT molecular complexity index is 1190. The molecule has 33 heavy (non-hydrogen) atoms. The number of carbonyl (C=O) groups excluding carboxylic acids is 1. The summed E-state index contributed by atoms with van der Waals surface area (Å²) in [5, 5.41) is 14.0. The fraction of sp³-hybridized carbons (Fsp3) is 0.409. The summed E-state index contributed by atoms with van der Waals surface area (Å²) in [6.07, 6.45) is 1.69. The van der Waals surface area contributed by atoms with Crippen LogP contribution in [0.1, 0.15) is 34.6 Å². The number of nitrogens with one attached hydrogen (secondary N) is 2. The first kappa shape index (κ1) is 23.8. The number of carbonyl (C=O) groups is 1. The molecule has 0 spiro atoms. The Morgan fingerprint density at radius 1 is 1.42 bits per heavy atom. The maximum atomic E-state index is 13.3. The van der Waals surface area contributed by atoms with Gasteiger partial charge in [-0.05, 0) is 35.9 Å². The smallest absolute Gasteiger partial charge is 0.287 e. The first-order chi connectivity index (χ1) is 15.9. The van der Waals surface area contributed by atoms with Crippen molar-refractivity contribution in [1.82, 2.24) is 15.3 Å². The van der Waals surface area contributed by atoms with E-state index in [0.29, 0.717) is 34.6 Å². The average molecular weight is 496 g/mol. The van der Waals surface area contributed by atoms with Crippen molar-refractivity contribution in [2.75, 3.05) is 19.8 Å². The standard InChI is InChI=1S/C22H23ClFN3O5S/c23-16-5-12(2-4-17(16)24)6-25-21(30)19-26-20(29)18-14(11-33-22(18)27-19)9-31-10-15-3-1-13(7-28)8-32-15/h2,4-5,11,13,15,28H,1,3,6-10H2,(H,25,30)(H,26,27,29). The van der Waals surface area contributed by atoms with Crippen molar-refractivity contribution in [2.45, 2.75) is 32.1 Å². The second-order valence-corrected chi connectivity index (χ2v) is 9.15. The number of rotatable bonds is 8. The highest BCUT2D eigenvalue weighted by Crippen LogP contribution is 2.23. The number of aromatic amines is 1. The van der Waals surface area contributed by atoms with Crippen LogP contribution in [0.5, 0.6) is 0 Å². The fourth-order valence-electron chi connectivity index (χ4n) is 3.57. The van der Waals surface area contributed by atoms with Gasteiger partial charge in [0.15, 0.2) is 0 Å². The van der Waals surface area contributed by atoms with Crippen molar-refractivity contribution in [3.05, 3.63) is 61.7 Å². The van der Waals surface area contributed by atoms with E-state index < -0.39 is 17.3 Å². The minimum Gasteiger partial charge on any atom is -0.396 e. The Balaban J connectivity index is 1.36. The van der Waals surface area contributed by atoms with Gasteiger partial charge in [0, 0.05) is 24.6 Å². The highest BCUT2D eigenvalue weighted by molar-refractivity contribution is 7.16. The van der Waals surface area contributed by atoms with Crippen LogP contribution in [0.3, 0.4) is 0 Å². The maximum Gasteiger partial charge on any atom is 0.287 e. The van der Waals surface area contributed by atoms with Gasteiger partial charge in [0.05, 0.1) is 36.3 Å². The van der Waals surface area contributed by atoms with Crippen LogP contribution in [-0.2, 0) is 22.6 Å². The Morgan fingerprint density at radius 2 is 2.27 bits per heavy atom. The molecule has 11 heteroatoms. The van der Waals surface area contributed by atoms with E-state index in [9.17, 15) is 14.0 Å². The van der Waals surface area contributed by atoms with Crippen molar-refractivity contribution in [1.29, 1.82) is 0 Å². The van der Waals surface area contributed by atoms with Gasteiger partial charge >= 0.3 is 0 Å². The normalized spacial score (nSPS) is 18.5. The first-order valence-electron chi connectivity index (χ1n) is 10.5. The average Bonchev–Trinajstić information content (AvgIpc) is 3.23. The SMILES string of the molecule is O=C(NCc1ccc(F)c(Cl)c1)c1nc2scc(COCC3CCC(CO)CO3)c2c(=O)[nH]1. The van der Waals surface area contributed by atoms with Crippen molar-refractivity contribution in [3.63, 3.8) is 0 Å². The molecule has 1 saturated heterocycles. The molecule has 3 heterocycles. The lowest BCUT2D eigenvalue weighted by atomic mass is 10.00. The van der Waals surface area contributed by atoms with Crippen molar-refractivity contribution >= 4 is 39.1 Å². The highest BCUT2D eigenvalue weighted by atomic mass is 35.5. The number of hydrogen-bond acceptors (Lipinski definition) is 7. The zero-order valence-electron chi connectivity index (χ0n) is 17.6. The van der Waals surface area contributed by atoms with E-state index in [1.807, 2.05) is 0 Å². The van der Waals surface area contributed by atoms with E-state index in [-0.39, 0.29) is 42.6 Å². The van der Waals surface area contributed by atoms with E-state index in [4.69, 9.17) is 26.2 Å². The molecule has 0 bridgehead atoms. The third-order valence-corrected chi connectivity index (χ3v) is 6.67. The fourth-order valence-corrected chi connectivity index (χ4v) is 4.70. The quantitative estimate of drug-likeness (QED) is 0.442. The predicted octanol–water partition coefficient (Wildman–Crippen LogP) is 3.01. The van der Waals surface area contributed by atoms with Gasteiger partial charge in [-0.1, -0.05) is 17.7 Å². The van der Waals surface area contributed by atoms with E-state index >= 15 is 0 Å². The molecule has 1 aliphatic heterocycles. The van der Waals surface area contributed by atoms with Crippen LogP contribution in [0.15, 0.2) is 28.4 Å². The lowest BCUT2D eigenvalue weighted by molar-refractivity contribution is -0.0717. The minimum atomic E-state index is -0.559. The van der Waals surface area contributed by atoms with Crippen molar-refractivity contribution in [3.8, 4) is 0 Å². The Labute approximate surface area is 197 Å². The van der Waals surface area contributed by atoms with Gasteiger partial charge in [0.1, 0.15) is 10.6 Å². The Hall–Kier alpha value is -2.37.